The third-order valence-corrected chi connectivity index (χ3v) is 5.79. The van der Waals surface area contributed by atoms with Crippen molar-refractivity contribution >= 4 is 23.7 Å². The van der Waals surface area contributed by atoms with E-state index in [4.69, 9.17) is 5.11 Å². The van der Waals surface area contributed by atoms with Crippen LogP contribution in [0.1, 0.15) is 35.7 Å². The van der Waals surface area contributed by atoms with Gasteiger partial charge >= 0.3 is 5.97 Å². The van der Waals surface area contributed by atoms with Crippen LogP contribution in [0.15, 0.2) is 24.3 Å². The number of aliphatic carboxylic acids is 1. The topological polar surface area (TPSA) is 98.2 Å². The minimum atomic E-state index is -1.06. The Morgan fingerprint density at radius 2 is 1.66 bits per heavy atom. The van der Waals surface area contributed by atoms with Crippen molar-refractivity contribution in [2.24, 2.45) is 5.92 Å². The minimum Gasteiger partial charge on any atom is -0.480 e. The van der Waals surface area contributed by atoms with E-state index >= 15 is 0 Å². The Balaban J connectivity index is 1.56. The summed E-state index contributed by atoms with van der Waals surface area (Å²) in [6.45, 7) is 4.84. The van der Waals surface area contributed by atoms with Crippen LogP contribution >= 0.6 is 0 Å². The van der Waals surface area contributed by atoms with E-state index in [9.17, 15) is 19.2 Å². The molecule has 2 aliphatic heterocycles. The number of nitrogens with zero attached hydrogens (tertiary/aromatic N) is 3. The van der Waals surface area contributed by atoms with Crippen molar-refractivity contribution < 1.29 is 24.3 Å². The summed E-state index contributed by atoms with van der Waals surface area (Å²) in [5.41, 5.74) is 1.74. The number of rotatable bonds is 4. The Morgan fingerprint density at radius 1 is 1.03 bits per heavy atom. The fourth-order valence-corrected chi connectivity index (χ4v) is 3.99. The Hall–Kier alpha value is -2.90. The lowest BCUT2D eigenvalue weighted by Crippen LogP contribution is -2.59. The molecule has 2 aliphatic rings. The van der Waals surface area contributed by atoms with E-state index in [2.05, 4.69) is 0 Å². The normalized spacial score (nSPS) is 20.7. The molecule has 1 unspecified atom stereocenters. The van der Waals surface area contributed by atoms with Crippen molar-refractivity contribution in [2.45, 2.75) is 32.7 Å². The molecule has 1 aromatic rings. The predicted molar refractivity (Wildman–Crippen MR) is 105 cm³/mol. The van der Waals surface area contributed by atoms with Crippen LogP contribution in [0.25, 0.3) is 0 Å². The van der Waals surface area contributed by atoms with Gasteiger partial charge in [-0.15, -0.1) is 0 Å². The second-order valence-electron chi connectivity index (χ2n) is 7.79. The standard InChI is InChI=1S/C21H27N3O5/c1-14-3-5-16(6-4-14)20(28)22-9-7-17(8-10-22)21(29)24-12-11-23(13-18(25)26)19(27)15(24)2/h3-6,15,17H,7-13H2,1-2H3,(H,25,26). The van der Waals surface area contributed by atoms with Crippen LogP contribution in [-0.2, 0) is 14.4 Å². The van der Waals surface area contributed by atoms with Crippen molar-refractivity contribution in [2.75, 3.05) is 32.7 Å². The first-order chi connectivity index (χ1) is 13.8. The van der Waals surface area contributed by atoms with Crippen LogP contribution < -0.4 is 0 Å². The first-order valence-corrected chi connectivity index (χ1v) is 9.95. The van der Waals surface area contributed by atoms with Gasteiger partial charge in [-0.3, -0.25) is 19.2 Å². The number of carbonyl (C=O) groups excluding carboxylic acids is 3. The van der Waals surface area contributed by atoms with Gasteiger partial charge in [-0.25, -0.2) is 0 Å². The molecule has 0 bridgehead atoms. The SMILES string of the molecule is Cc1ccc(C(=O)N2CCC(C(=O)N3CCN(CC(=O)O)C(=O)C3C)CC2)cc1. The van der Waals surface area contributed by atoms with E-state index < -0.39 is 12.0 Å². The van der Waals surface area contributed by atoms with Crippen molar-refractivity contribution in [3.05, 3.63) is 35.4 Å². The number of carboxylic acids is 1. The molecule has 8 heteroatoms. The Kier molecular flexibility index (Phi) is 6.20. The van der Waals surface area contributed by atoms with E-state index in [0.29, 0.717) is 38.0 Å². The van der Waals surface area contributed by atoms with Crippen LogP contribution in [0.4, 0.5) is 0 Å². The molecule has 29 heavy (non-hydrogen) atoms. The molecule has 0 saturated carbocycles. The van der Waals surface area contributed by atoms with Crippen LogP contribution in [0.2, 0.25) is 0 Å². The van der Waals surface area contributed by atoms with Crippen LogP contribution in [0.5, 0.6) is 0 Å². The van der Waals surface area contributed by atoms with Gasteiger partial charge in [0, 0.05) is 37.7 Å². The lowest BCUT2D eigenvalue weighted by atomic mass is 9.93. The van der Waals surface area contributed by atoms with Gasteiger partial charge < -0.3 is 19.8 Å². The summed E-state index contributed by atoms with van der Waals surface area (Å²) < 4.78 is 0. The Morgan fingerprint density at radius 3 is 2.24 bits per heavy atom. The highest BCUT2D eigenvalue weighted by atomic mass is 16.4. The Bertz CT molecular complexity index is 799. The molecule has 0 aliphatic carbocycles. The van der Waals surface area contributed by atoms with E-state index in [-0.39, 0.29) is 36.7 Å². The van der Waals surface area contributed by atoms with E-state index in [1.807, 2.05) is 31.2 Å². The van der Waals surface area contributed by atoms with E-state index in [0.717, 1.165) is 5.56 Å². The predicted octanol–water partition coefficient (Wildman–Crippen LogP) is 0.991. The first-order valence-electron chi connectivity index (χ1n) is 9.95. The second kappa shape index (κ2) is 8.63. The van der Waals surface area contributed by atoms with Gasteiger partial charge in [0.25, 0.3) is 5.91 Å². The van der Waals surface area contributed by atoms with Gasteiger partial charge in [-0.2, -0.15) is 0 Å². The van der Waals surface area contributed by atoms with Crippen LogP contribution in [0, 0.1) is 12.8 Å². The van der Waals surface area contributed by atoms with Crippen LogP contribution in [0.3, 0.4) is 0 Å². The molecule has 156 valence electrons. The summed E-state index contributed by atoms with van der Waals surface area (Å²) in [6.07, 6.45) is 1.12. The summed E-state index contributed by atoms with van der Waals surface area (Å²) in [5, 5.41) is 8.91. The molecule has 3 rings (SSSR count). The number of carboxylic acid groups (broad SMARTS) is 1. The quantitative estimate of drug-likeness (QED) is 0.811. The molecule has 1 atom stereocenters. The van der Waals surface area contributed by atoms with Crippen molar-refractivity contribution in [3.8, 4) is 0 Å². The van der Waals surface area contributed by atoms with Crippen LogP contribution in [-0.4, -0.2) is 82.3 Å². The van der Waals surface area contributed by atoms with E-state index in [1.165, 1.54) is 4.90 Å². The number of benzene rings is 1. The number of amides is 3. The highest BCUT2D eigenvalue weighted by Gasteiger charge is 2.38. The summed E-state index contributed by atoms with van der Waals surface area (Å²) in [7, 11) is 0. The number of hydrogen-bond acceptors (Lipinski definition) is 4. The third-order valence-electron chi connectivity index (χ3n) is 5.79. The van der Waals surface area contributed by atoms with Gasteiger partial charge in [-0.1, -0.05) is 17.7 Å². The zero-order chi connectivity index (χ0) is 21.1. The maximum absolute atomic E-state index is 13.0. The van der Waals surface area contributed by atoms with Gasteiger partial charge in [0.05, 0.1) is 0 Å². The Labute approximate surface area is 170 Å². The highest BCUT2D eigenvalue weighted by Crippen LogP contribution is 2.24. The molecule has 0 aromatic heterocycles. The van der Waals surface area contributed by atoms with Gasteiger partial charge in [-0.05, 0) is 38.8 Å². The summed E-state index contributed by atoms with van der Waals surface area (Å²) in [6, 6.07) is 6.79. The highest BCUT2D eigenvalue weighted by molar-refractivity contribution is 5.94. The zero-order valence-electron chi connectivity index (χ0n) is 16.8. The number of hydrogen-bond donors (Lipinski definition) is 1. The largest absolute Gasteiger partial charge is 0.480 e. The number of piperazine rings is 1. The van der Waals surface area contributed by atoms with Gasteiger partial charge in [0.1, 0.15) is 12.6 Å². The van der Waals surface area contributed by atoms with Gasteiger partial charge in [0.2, 0.25) is 11.8 Å². The number of likely N-dealkylation sites (tertiary alicyclic amines) is 1. The smallest absolute Gasteiger partial charge is 0.323 e. The van der Waals surface area contributed by atoms with E-state index in [1.54, 1.807) is 16.7 Å². The maximum atomic E-state index is 13.0. The lowest BCUT2D eigenvalue weighted by Gasteiger charge is -2.41. The average Bonchev–Trinajstić information content (AvgIpc) is 2.71. The number of piperidine rings is 1. The minimum absolute atomic E-state index is 0.0262. The molecule has 1 N–H and O–H groups in total. The fourth-order valence-electron chi connectivity index (χ4n) is 3.99. The lowest BCUT2D eigenvalue weighted by molar-refractivity contribution is -0.156. The second-order valence-corrected chi connectivity index (χ2v) is 7.79. The molecule has 2 saturated heterocycles. The molecular formula is C21H27N3O5. The van der Waals surface area contributed by atoms with Crippen molar-refractivity contribution in [1.82, 2.24) is 14.7 Å². The summed E-state index contributed by atoms with van der Waals surface area (Å²) in [5.74, 6) is -1.72. The molecule has 2 fully saturated rings. The summed E-state index contributed by atoms with van der Waals surface area (Å²) >= 11 is 0. The van der Waals surface area contributed by atoms with Crippen molar-refractivity contribution in [1.29, 1.82) is 0 Å². The average molecular weight is 401 g/mol. The third kappa shape index (κ3) is 4.58. The monoisotopic (exact) mass is 401 g/mol. The summed E-state index contributed by atoms with van der Waals surface area (Å²) in [4.78, 5) is 53.5. The molecule has 3 amide bonds. The number of aryl methyl sites for hydroxylation is 1. The molecule has 0 radical (unpaired) electrons. The van der Waals surface area contributed by atoms with Crippen molar-refractivity contribution in [3.63, 3.8) is 0 Å². The zero-order valence-corrected chi connectivity index (χ0v) is 16.8. The van der Waals surface area contributed by atoms with Gasteiger partial charge in [0.15, 0.2) is 0 Å². The first kappa shape index (κ1) is 20.8. The maximum Gasteiger partial charge on any atom is 0.323 e. The number of carbonyl (C=O) groups is 4. The molecule has 2 heterocycles. The molecule has 1 aromatic carbocycles. The molecular weight excluding hydrogens is 374 g/mol. The molecule has 8 nitrogen and oxygen atoms in total. The molecule has 0 spiro atoms. The fraction of sp³-hybridized carbons (Fsp3) is 0.524.